The van der Waals surface area contributed by atoms with E-state index in [1.165, 1.54) is 5.56 Å². The first-order valence-corrected chi connectivity index (χ1v) is 24.2. The maximum atomic E-state index is 12.9. The number of methoxy groups -OCH3 is 2. The Morgan fingerprint density at radius 1 is 0.742 bits per heavy atom. The van der Waals surface area contributed by atoms with Gasteiger partial charge in [-0.1, -0.05) is 42.1 Å². The second-order valence-electron chi connectivity index (χ2n) is 16.1. The molecule has 3 aromatic carbocycles. The zero-order chi connectivity index (χ0) is 46.5. The van der Waals surface area contributed by atoms with Crippen molar-refractivity contribution in [3.8, 4) is 23.0 Å². The predicted octanol–water partition coefficient (Wildman–Crippen LogP) is 9.24. The number of aromatic nitrogens is 6. The third-order valence-corrected chi connectivity index (χ3v) is 13.1. The fraction of sp³-hybridized carbons (Fsp3) is 0.388. The Balaban J connectivity index is 0.000000161. The smallest absolute Gasteiger partial charge is 0.197 e. The average Bonchev–Trinajstić information content (AvgIpc) is 4.16. The Labute approximate surface area is 391 Å². The lowest BCUT2D eigenvalue weighted by Crippen LogP contribution is -2.19. The molecule has 6 heterocycles. The van der Waals surface area contributed by atoms with Crippen LogP contribution in [0.3, 0.4) is 0 Å². The van der Waals surface area contributed by atoms with Gasteiger partial charge < -0.3 is 38.4 Å². The number of thioether (sulfide) groups is 1. The van der Waals surface area contributed by atoms with Gasteiger partial charge >= 0.3 is 0 Å². The van der Waals surface area contributed by atoms with E-state index >= 15 is 0 Å². The summed E-state index contributed by atoms with van der Waals surface area (Å²) in [7, 11) is 2.03. The zero-order valence-corrected chi connectivity index (χ0v) is 39.9. The van der Waals surface area contributed by atoms with Gasteiger partial charge in [-0.25, -0.2) is 14.9 Å². The van der Waals surface area contributed by atoms with Crippen molar-refractivity contribution in [2.75, 3.05) is 53.9 Å². The minimum atomic E-state index is -1.34. The number of H-pyrrole nitrogens is 2. The SMILES string of the molecule is CC(C)(OO)c1ccccc1.COCCCOc1ccnc(CSc2nc3cc4c(cc3[nH]2)CCO4)c1C.COCCCOc1ccnc(C[S@@](=O)c2nc3cc4c(cc3[nH]2)CCO4)c1C. The number of hydrogen-bond acceptors (Lipinski definition) is 14. The van der Waals surface area contributed by atoms with E-state index < -0.39 is 16.4 Å². The van der Waals surface area contributed by atoms with Gasteiger partial charge in [-0.3, -0.25) is 19.4 Å². The minimum Gasteiger partial charge on any atom is -0.493 e. The number of nitrogens with one attached hydrogen (secondary N) is 2. The highest BCUT2D eigenvalue weighted by Gasteiger charge is 2.21. The molecule has 0 radical (unpaired) electrons. The van der Waals surface area contributed by atoms with Gasteiger partial charge in [0.05, 0.1) is 76.4 Å². The summed E-state index contributed by atoms with van der Waals surface area (Å²) in [6.45, 7) is 11.6. The first-order chi connectivity index (χ1) is 32.1. The molecular formula is C49H58N6O9S2. The number of imidazole rings is 2. The van der Waals surface area contributed by atoms with Gasteiger partial charge in [0.15, 0.2) is 10.3 Å². The van der Waals surface area contributed by atoms with Crippen LogP contribution in [0.4, 0.5) is 0 Å². The Hall–Kier alpha value is -5.56. The van der Waals surface area contributed by atoms with E-state index in [1.54, 1.807) is 38.4 Å². The lowest BCUT2D eigenvalue weighted by molar-refractivity contribution is -0.318. The van der Waals surface area contributed by atoms with Crippen LogP contribution >= 0.6 is 11.8 Å². The molecule has 0 saturated carbocycles. The Morgan fingerprint density at radius 3 is 1.89 bits per heavy atom. The standard InChI is InChI=1S/C20H23N3O4S.C20H23N3O3S.C9H12O2/c1-13-17(21-6-4-18(13)26-8-3-7-25-2)12-28(24)20-22-15-10-14-5-9-27-19(14)11-16(15)23-20;1-13-17(21-6-4-18(13)25-8-3-7-24-2)12-27-20-22-15-10-14-5-9-26-19(14)11-16(15)23-20;1-9(2,11-10)8-6-4-3-5-7-8/h4,6,10-11H,3,5,7-9,12H2,1-2H3,(H,22,23);4,6,10-11H,3,5,7-9,12H2,1-2H3,(H,22,23);3-7,10H,1-2H3/t28-;;/m1../s1. The van der Waals surface area contributed by atoms with E-state index in [1.807, 2.05) is 81.4 Å². The number of pyridine rings is 2. The summed E-state index contributed by atoms with van der Waals surface area (Å²) < 4.78 is 45.9. The fourth-order valence-electron chi connectivity index (χ4n) is 7.21. The third kappa shape index (κ3) is 12.5. The van der Waals surface area contributed by atoms with Crippen molar-refractivity contribution in [3.05, 3.63) is 118 Å². The largest absolute Gasteiger partial charge is 0.493 e. The number of hydrogen-bond donors (Lipinski definition) is 3. The van der Waals surface area contributed by atoms with Crippen molar-refractivity contribution in [3.63, 3.8) is 0 Å². The van der Waals surface area contributed by atoms with Crippen molar-refractivity contribution in [2.45, 2.75) is 80.8 Å². The van der Waals surface area contributed by atoms with Gasteiger partial charge in [0.1, 0.15) is 28.6 Å². The van der Waals surface area contributed by atoms with E-state index in [4.69, 9.17) is 33.7 Å². The van der Waals surface area contributed by atoms with Crippen molar-refractivity contribution < 1.29 is 42.8 Å². The molecule has 0 amide bonds. The summed E-state index contributed by atoms with van der Waals surface area (Å²) in [5.74, 6) is 4.48. The summed E-state index contributed by atoms with van der Waals surface area (Å²) in [5.41, 5.74) is 10.1. The molecule has 350 valence electrons. The third-order valence-electron chi connectivity index (χ3n) is 11.1. The quantitative estimate of drug-likeness (QED) is 0.0320. The summed E-state index contributed by atoms with van der Waals surface area (Å²) in [5, 5.41) is 9.89. The molecule has 1 atom stereocenters. The molecule has 2 aliphatic heterocycles. The first-order valence-electron chi connectivity index (χ1n) is 21.9. The fourth-order valence-corrected chi connectivity index (χ4v) is 9.22. The molecule has 4 aromatic heterocycles. The zero-order valence-electron chi connectivity index (χ0n) is 38.3. The van der Waals surface area contributed by atoms with Crippen LogP contribution in [-0.2, 0) is 55.1 Å². The van der Waals surface area contributed by atoms with Crippen LogP contribution in [0.25, 0.3) is 22.1 Å². The molecule has 0 bridgehead atoms. The Bertz CT molecular complexity index is 2630. The summed E-state index contributed by atoms with van der Waals surface area (Å²) in [6.07, 6.45) is 7.03. The highest BCUT2D eigenvalue weighted by Crippen LogP contribution is 2.33. The van der Waals surface area contributed by atoms with Crippen LogP contribution in [-0.4, -0.2) is 93.2 Å². The molecule has 7 aromatic rings. The molecule has 9 rings (SSSR count). The molecule has 15 nitrogen and oxygen atoms in total. The van der Waals surface area contributed by atoms with Crippen molar-refractivity contribution in [2.24, 2.45) is 0 Å². The number of fused-ring (bicyclic) bond motifs is 4. The highest BCUT2D eigenvalue weighted by atomic mass is 32.2. The molecule has 3 N–H and O–H groups in total. The summed E-state index contributed by atoms with van der Waals surface area (Å²) in [4.78, 5) is 29.0. The Kier molecular flexibility index (Phi) is 17.0. The molecule has 0 saturated heterocycles. The maximum Gasteiger partial charge on any atom is 0.197 e. The molecule has 17 heteroatoms. The van der Waals surface area contributed by atoms with Crippen molar-refractivity contribution in [1.82, 2.24) is 29.9 Å². The van der Waals surface area contributed by atoms with Crippen molar-refractivity contribution in [1.29, 1.82) is 0 Å². The average molecular weight is 939 g/mol. The van der Waals surface area contributed by atoms with Gasteiger partial charge in [0.25, 0.3) is 0 Å². The van der Waals surface area contributed by atoms with Crippen LogP contribution in [0.5, 0.6) is 23.0 Å². The number of benzene rings is 3. The summed E-state index contributed by atoms with van der Waals surface area (Å²) in [6, 6.07) is 21.4. The molecule has 0 fully saturated rings. The van der Waals surface area contributed by atoms with Crippen LogP contribution in [0.1, 0.15) is 65.9 Å². The molecule has 0 unspecified atom stereocenters. The maximum absolute atomic E-state index is 12.9. The van der Waals surface area contributed by atoms with Gasteiger partial charge in [-0.2, -0.15) is 0 Å². The second-order valence-corrected chi connectivity index (χ2v) is 18.5. The van der Waals surface area contributed by atoms with Crippen LogP contribution in [0, 0.1) is 13.8 Å². The molecule has 2 aliphatic rings. The van der Waals surface area contributed by atoms with Gasteiger partial charge in [0, 0.05) is 94.5 Å². The predicted molar refractivity (Wildman–Crippen MR) is 255 cm³/mol. The van der Waals surface area contributed by atoms with Crippen LogP contribution in [0.2, 0.25) is 0 Å². The van der Waals surface area contributed by atoms with E-state index in [9.17, 15) is 4.21 Å². The Morgan fingerprint density at radius 2 is 1.30 bits per heavy atom. The number of aromatic amines is 2. The van der Waals surface area contributed by atoms with Crippen LogP contribution in [0.15, 0.2) is 89.4 Å². The van der Waals surface area contributed by atoms with Gasteiger partial charge in [-0.05, 0) is 68.7 Å². The van der Waals surface area contributed by atoms with E-state index in [2.05, 4.69) is 47.8 Å². The second kappa shape index (κ2) is 23.3. The van der Waals surface area contributed by atoms with E-state index in [-0.39, 0.29) is 5.75 Å². The lowest BCUT2D eigenvalue weighted by Gasteiger charge is -2.20. The summed E-state index contributed by atoms with van der Waals surface area (Å²) >= 11 is 1.65. The monoisotopic (exact) mass is 938 g/mol. The molecular weight excluding hydrogens is 881 g/mol. The van der Waals surface area contributed by atoms with Gasteiger partial charge in [0.2, 0.25) is 0 Å². The minimum absolute atomic E-state index is 0.275. The molecule has 0 spiro atoms. The lowest BCUT2D eigenvalue weighted by atomic mass is 9.99. The number of nitrogens with zero attached hydrogens (tertiary/aromatic N) is 4. The topological polar surface area (TPSA) is 185 Å². The van der Waals surface area contributed by atoms with E-state index in [0.29, 0.717) is 38.2 Å². The number of rotatable bonds is 18. The highest BCUT2D eigenvalue weighted by molar-refractivity contribution is 7.98. The normalized spacial score (nSPS) is 13.2. The van der Waals surface area contributed by atoms with Crippen molar-refractivity contribution >= 4 is 44.6 Å². The van der Waals surface area contributed by atoms with E-state index in [0.717, 1.165) is 122 Å². The first kappa shape index (κ1) is 48.4. The molecule has 0 aliphatic carbocycles. The number of ether oxygens (including phenoxy) is 6. The van der Waals surface area contributed by atoms with Crippen LogP contribution < -0.4 is 18.9 Å². The molecule has 66 heavy (non-hydrogen) atoms. The van der Waals surface area contributed by atoms with Gasteiger partial charge in [-0.15, -0.1) is 0 Å².